The van der Waals surface area contributed by atoms with Crippen molar-refractivity contribution in [2.24, 2.45) is 0 Å². The number of benzene rings is 1. The second-order valence-corrected chi connectivity index (χ2v) is 5.44. The van der Waals surface area contributed by atoms with E-state index in [1.54, 1.807) is 4.90 Å². The Labute approximate surface area is 117 Å². The molecule has 2 heterocycles. The van der Waals surface area contributed by atoms with Crippen LogP contribution in [0.25, 0.3) is 11.0 Å². The number of H-pyrrole nitrogens is 1. The third kappa shape index (κ3) is 2.54. The van der Waals surface area contributed by atoms with Crippen LogP contribution in [0.1, 0.15) is 24.2 Å². The zero-order chi connectivity index (χ0) is 14.1. The Balaban J connectivity index is 1.65. The molecule has 1 fully saturated rings. The first-order chi connectivity index (χ1) is 9.63. The Morgan fingerprint density at radius 1 is 1.55 bits per heavy atom. The minimum Gasteiger partial charge on any atom is -0.391 e. The molecule has 1 aliphatic rings. The fraction of sp³-hybridized carbons (Fsp3) is 0.467. The second-order valence-electron chi connectivity index (χ2n) is 5.44. The number of amides is 1. The number of β-amino-alcohol motifs (C(OH)–C–C–N with tert-alkyl or cyclic N) is 1. The number of aliphatic hydroxyl groups excluding tert-OH is 1. The van der Waals surface area contributed by atoms with Crippen LogP contribution in [0, 0.1) is 6.92 Å². The van der Waals surface area contributed by atoms with Gasteiger partial charge in [-0.25, -0.2) is 4.98 Å². The maximum absolute atomic E-state index is 12.0. The van der Waals surface area contributed by atoms with Crippen LogP contribution in [-0.2, 0) is 11.2 Å². The molecule has 1 aliphatic heterocycles. The highest BCUT2D eigenvalue weighted by atomic mass is 16.3. The molecule has 1 aromatic carbocycles. The molecule has 2 N–H and O–H groups in total. The van der Waals surface area contributed by atoms with Crippen LogP contribution in [0.2, 0.25) is 0 Å². The minimum absolute atomic E-state index is 0.0960. The molecule has 1 saturated heterocycles. The van der Waals surface area contributed by atoms with E-state index in [-0.39, 0.29) is 12.0 Å². The SMILES string of the molecule is Cc1cccc2[nH]c(CCC(=O)N3CC[C@@H](O)C3)nc12. The van der Waals surface area contributed by atoms with E-state index in [2.05, 4.69) is 9.97 Å². The van der Waals surface area contributed by atoms with E-state index >= 15 is 0 Å². The highest BCUT2D eigenvalue weighted by molar-refractivity contribution is 5.79. The molecular weight excluding hydrogens is 254 g/mol. The number of hydrogen-bond donors (Lipinski definition) is 2. The van der Waals surface area contributed by atoms with Gasteiger partial charge in [0.25, 0.3) is 0 Å². The van der Waals surface area contributed by atoms with Gasteiger partial charge >= 0.3 is 0 Å². The van der Waals surface area contributed by atoms with Gasteiger partial charge in [-0.1, -0.05) is 12.1 Å². The summed E-state index contributed by atoms with van der Waals surface area (Å²) in [4.78, 5) is 21.6. The maximum atomic E-state index is 12.0. The summed E-state index contributed by atoms with van der Waals surface area (Å²) in [6.45, 7) is 3.17. The Kier molecular flexibility index (Phi) is 3.44. The van der Waals surface area contributed by atoms with E-state index in [1.807, 2.05) is 25.1 Å². The van der Waals surface area contributed by atoms with Crippen LogP contribution in [0.4, 0.5) is 0 Å². The summed E-state index contributed by atoms with van der Waals surface area (Å²) in [5, 5.41) is 9.45. The van der Waals surface area contributed by atoms with E-state index in [0.717, 1.165) is 22.4 Å². The van der Waals surface area contributed by atoms with Gasteiger partial charge in [0, 0.05) is 25.9 Å². The monoisotopic (exact) mass is 273 g/mol. The summed E-state index contributed by atoms with van der Waals surface area (Å²) in [7, 11) is 0. The molecule has 1 atom stereocenters. The Bertz CT molecular complexity index is 635. The number of aromatic amines is 1. The van der Waals surface area contributed by atoms with E-state index in [4.69, 9.17) is 0 Å². The van der Waals surface area contributed by atoms with Gasteiger partial charge in [0.1, 0.15) is 5.82 Å². The quantitative estimate of drug-likeness (QED) is 0.888. The molecule has 5 heteroatoms. The van der Waals surface area contributed by atoms with Crippen LogP contribution in [0.15, 0.2) is 18.2 Å². The molecule has 1 amide bonds. The number of aryl methyl sites for hydroxylation is 2. The van der Waals surface area contributed by atoms with Gasteiger partial charge in [-0.05, 0) is 25.0 Å². The van der Waals surface area contributed by atoms with Crippen molar-refractivity contribution in [1.82, 2.24) is 14.9 Å². The molecule has 3 rings (SSSR count). The Morgan fingerprint density at radius 3 is 3.10 bits per heavy atom. The number of nitrogens with one attached hydrogen (secondary N) is 1. The standard InChI is InChI=1S/C15H19N3O2/c1-10-3-2-4-12-15(10)17-13(16-12)5-6-14(20)18-8-7-11(19)9-18/h2-4,11,19H,5-9H2,1H3,(H,16,17)/t11-/m1/s1. The lowest BCUT2D eigenvalue weighted by atomic mass is 10.2. The van der Waals surface area contributed by atoms with Gasteiger partial charge in [0.2, 0.25) is 5.91 Å². The average molecular weight is 273 g/mol. The van der Waals surface area contributed by atoms with Crippen molar-refractivity contribution in [2.75, 3.05) is 13.1 Å². The molecule has 0 radical (unpaired) electrons. The summed E-state index contributed by atoms with van der Waals surface area (Å²) in [6.07, 6.45) is 1.38. The highest BCUT2D eigenvalue weighted by Gasteiger charge is 2.24. The van der Waals surface area contributed by atoms with Gasteiger partial charge in [-0.3, -0.25) is 4.79 Å². The summed E-state index contributed by atoms with van der Waals surface area (Å²) in [5.74, 6) is 0.945. The first-order valence-corrected chi connectivity index (χ1v) is 7.03. The van der Waals surface area contributed by atoms with Crippen LogP contribution >= 0.6 is 0 Å². The van der Waals surface area contributed by atoms with Gasteiger partial charge < -0.3 is 15.0 Å². The summed E-state index contributed by atoms with van der Waals surface area (Å²) >= 11 is 0. The number of rotatable bonds is 3. The lowest BCUT2D eigenvalue weighted by Crippen LogP contribution is -2.29. The molecule has 0 aliphatic carbocycles. The van der Waals surface area contributed by atoms with Crippen molar-refractivity contribution in [1.29, 1.82) is 0 Å². The van der Waals surface area contributed by atoms with Crippen molar-refractivity contribution in [2.45, 2.75) is 32.3 Å². The van der Waals surface area contributed by atoms with Gasteiger partial charge in [0.15, 0.2) is 0 Å². The van der Waals surface area contributed by atoms with Crippen LogP contribution in [-0.4, -0.2) is 45.1 Å². The first-order valence-electron chi connectivity index (χ1n) is 7.03. The number of carbonyl (C=O) groups excluding carboxylic acids is 1. The summed E-state index contributed by atoms with van der Waals surface area (Å²) < 4.78 is 0. The van der Waals surface area contributed by atoms with E-state index in [1.165, 1.54) is 0 Å². The number of carbonyl (C=O) groups is 1. The number of fused-ring (bicyclic) bond motifs is 1. The predicted molar refractivity (Wildman–Crippen MR) is 76.4 cm³/mol. The predicted octanol–water partition coefficient (Wildman–Crippen LogP) is 1.40. The van der Waals surface area contributed by atoms with Gasteiger partial charge in [-0.2, -0.15) is 0 Å². The average Bonchev–Trinajstić information content (AvgIpc) is 3.03. The Morgan fingerprint density at radius 2 is 2.40 bits per heavy atom. The number of likely N-dealkylation sites (tertiary alicyclic amines) is 1. The molecule has 0 bridgehead atoms. The third-order valence-corrected chi connectivity index (χ3v) is 3.86. The van der Waals surface area contributed by atoms with Gasteiger partial charge in [-0.15, -0.1) is 0 Å². The zero-order valence-electron chi connectivity index (χ0n) is 11.6. The van der Waals surface area contributed by atoms with E-state index in [9.17, 15) is 9.90 Å². The lowest BCUT2D eigenvalue weighted by Gasteiger charge is -2.14. The highest BCUT2D eigenvalue weighted by Crippen LogP contribution is 2.17. The van der Waals surface area contributed by atoms with Crippen molar-refractivity contribution < 1.29 is 9.90 Å². The first kappa shape index (κ1) is 13.1. The fourth-order valence-electron chi connectivity index (χ4n) is 2.70. The smallest absolute Gasteiger partial charge is 0.223 e. The molecule has 5 nitrogen and oxygen atoms in total. The van der Waals surface area contributed by atoms with E-state index in [0.29, 0.717) is 32.4 Å². The maximum Gasteiger partial charge on any atom is 0.223 e. The number of aromatic nitrogens is 2. The van der Waals surface area contributed by atoms with Crippen LogP contribution in [0.3, 0.4) is 0 Å². The molecule has 2 aromatic rings. The van der Waals surface area contributed by atoms with Gasteiger partial charge in [0.05, 0.1) is 17.1 Å². The zero-order valence-corrected chi connectivity index (χ0v) is 11.6. The topological polar surface area (TPSA) is 69.2 Å². The van der Waals surface area contributed by atoms with Crippen LogP contribution in [0.5, 0.6) is 0 Å². The molecule has 1 aromatic heterocycles. The molecule has 0 spiro atoms. The minimum atomic E-state index is -0.354. The fourth-order valence-corrected chi connectivity index (χ4v) is 2.70. The lowest BCUT2D eigenvalue weighted by molar-refractivity contribution is -0.130. The molecule has 20 heavy (non-hydrogen) atoms. The van der Waals surface area contributed by atoms with E-state index < -0.39 is 0 Å². The van der Waals surface area contributed by atoms with Crippen molar-refractivity contribution in [3.05, 3.63) is 29.6 Å². The summed E-state index contributed by atoms with van der Waals surface area (Å²) in [6, 6.07) is 6.03. The number of hydrogen-bond acceptors (Lipinski definition) is 3. The largest absolute Gasteiger partial charge is 0.391 e. The molecule has 0 unspecified atom stereocenters. The molecule has 106 valence electrons. The summed E-state index contributed by atoms with van der Waals surface area (Å²) in [5.41, 5.74) is 3.13. The van der Waals surface area contributed by atoms with Crippen LogP contribution < -0.4 is 0 Å². The van der Waals surface area contributed by atoms with Crippen molar-refractivity contribution in [3.8, 4) is 0 Å². The number of nitrogens with zero attached hydrogens (tertiary/aromatic N) is 2. The third-order valence-electron chi connectivity index (χ3n) is 3.86. The molecule has 0 saturated carbocycles. The van der Waals surface area contributed by atoms with Crippen molar-refractivity contribution in [3.63, 3.8) is 0 Å². The number of aliphatic hydroxyl groups is 1. The molecular formula is C15H19N3O2. The number of imidazole rings is 1. The second kappa shape index (κ2) is 5.25. The van der Waals surface area contributed by atoms with Crippen molar-refractivity contribution >= 4 is 16.9 Å². The Hall–Kier alpha value is -1.88. The normalized spacial score (nSPS) is 18.9. The number of para-hydroxylation sites is 1.